The summed E-state index contributed by atoms with van der Waals surface area (Å²) < 4.78 is 7.76. The van der Waals surface area contributed by atoms with Gasteiger partial charge < -0.3 is 10.5 Å². The molecule has 2 rings (SSSR count). The molecule has 1 aromatic carbocycles. The van der Waals surface area contributed by atoms with Crippen LogP contribution in [0.15, 0.2) is 22.7 Å². The Hall–Kier alpha value is -1.82. The van der Waals surface area contributed by atoms with Gasteiger partial charge in [0, 0.05) is 10.9 Å². The highest BCUT2D eigenvalue weighted by Gasteiger charge is 2.22. The third-order valence-corrected chi connectivity index (χ3v) is 3.67. The smallest absolute Gasteiger partial charge is 0.360 e. The summed E-state index contributed by atoms with van der Waals surface area (Å²) in [5, 5.41) is 0. The molecule has 2 N–H and O–H groups in total. The Morgan fingerprint density at radius 2 is 2.14 bits per heavy atom. The van der Waals surface area contributed by atoms with Crippen molar-refractivity contribution in [3.05, 3.63) is 39.8 Å². The summed E-state index contributed by atoms with van der Waals surface area (Å²) in [6.07, 6.45) is 0.662. The number of aromatic nitrogens is 2. The number of carbonyl (C=O) groups is 1. The number of hydrogen-bond donors (Lipinski definition) is 1. The predicted octanol–water partition coefficient (Wildman–Crippen LogP) is 3.26. The number of esters is 1. The lowest BCUT2D eigenvalue weighted by molar-refractivity contribution is 0.0521. The van der Waals surface area contributed by atoms with E-state index < -0.39 is 5.97 Å². The first-order valence-corrected chi connectivity index (χ1v) is 7.59. The molecule has 0 spiro atoms. The molecular formula is C15H18BrN3O2. The van der Waals surface area contributed by atoms with Crippen molar-refractivity contribution < 1.29 is 9.53 Å². The average Bonchev–Trinajstić information content (AvgIpc) is 2.78. The average molecular weight is 352 g/mol. The Morgan fingerprint density at radius 1 is 1.43 bits per heavy atom. The van der Waals surface area contributed by atoms with Crippen LogP contribution in [0.4, 0.5) is 5.82 Å². The van der Waals surface area contributed by atoms with E-state index in [-0.39, 0.29) is 5.69 Å². The summed E-state index contributed by atoms with van der Waals surface area (Å²) in [7, 11) is 0. The second-order valence-electron chi connectivity index (χ2n) is 4.60. The van der Waals surface area contributed by atoms with Crippen molar-refractivity contribution in [3.63, 3.8) is 0 Å². The Labute approximate surface area is 132 Å². The summed E-state index contributed by atoms with van der Waals surface area (Å²) in [6, 6.07) is 5.91. The maximum atomic E-state index is 11.9. The number of carbonyl (C=O) groups excluding carboxylic acids is 1. The minimum absolute atomic E-state index is 0.174. The molecule has 0 amide bonds. The lowest BCUT2D eigenvalue weighted by Crippen LogP contribution is -2.10. The van der Waals surface area contributed by atoms with Crippen molar-refractivity contribution in [3.8, 4) is 5.69 Å². The van der Waals surface area contributed by atoms with Gasteiger partial charge >= 0.3 is 5.97 Å². The van der Waals surface area contributed by atoms with Gasteiger partial charge in [0.2, 0.25) is 0 Å². The van der Waals surface area contributed by atoms with Crippen LogP contribution in [0.1, 0.15) is 35.7 Å². The SMILES string of the molecule is CCOC(=O)c1nc(CC)n(-c2cc(Br)ccc2C)c1N. The summed E-state index contributed by atoms with van der Waals surface area (Å²) in [6.45, 7) is 6.01. The van der Waals surface area contributed by atoms with E-state index in [9.17, 15) is 4.79 Å². The molecule has 1 heterocycles. The lowest BCUT2D eigenvalue weighted by atomic mass is 10.2. The molecule has 1 aromatic heterocycles. The molecule has 0 saturated heterocycles. The lowest BCUT2D eigenvalue weighted by Gasteiger charge is -2.12. The highest BCUT2D eigenvalue weighted by atomic mass is 79.9. The zero-order valence-electron chi connectivity index (χ0n) is 12.3. The number of nitrogen functional groups attached to an aromatic ring is 1. The fourth-order valence-electron chi connectivity index (χ4n) is 2.16. The largest absolute Gasteiger partial charge is 0.461 e. The standard InChI is InChI=1S/C15H18BrN3O2/c1-4-12-18-13(15(20)21-5-2)14(17)19(12)11-8-10(16)7-6-9(11)3/h6-8H,4-5,17H2,1-3H3. The van der Waals surface area contributed by atoms with Crippen molar-refractivity contribution in [1.82, 2.24) is 9.55 Å². The predicted molar refractivity (Wildman–Crippen MR) is 85.7 cm³/mol. The van der Waals surface area contributed by atoms with Crippen LogP contribution in [0, 0.1) is 6.92 Å². The quantitative estimate of drug-likeness (QED) is 0.858. The van der Waals surface area contributed by atoms with Gasteiger partial charge in [-0.3, -0.25) is 4.57 Å². The van der Waals surface area contributed by atoms with Gasteiger partial charge in [-0.15, -0.1) is 0 Å². The molecule has 0 aliphatic carbocycles. The molecule has 0 aliphatic heterocycles. The number of rotatable bonds is 4. The normalized spacial score (nSPS) is 10.7. The van der Waals surface area contributed by atoms with E-state index in [4.69, 9.17) is 10.5 Å². The van der Waals surface area contributed by atoms with Gasteiger partial charge in [0.15, 0.2) is 5.69 Å². The zero-order valence-corrected chi connectivity index (χ0v) is 13.9. The highest BCUT2D eigenvalue weighted by molar-refractivity contribution is 9.10. The van der Waals surface area contributed by atoms with Crippen LogP contribution in [-0.4, -0.2) is 22.1 Å². The summed E-state index contributed by atoms with van der Waals surface area (Å²) in [5.41, 5.74) is 8.27. The molecular weight excluding hydrogens is 334 g/mol. The topological polar surface area (TPSA) is 70.1 Å². The summed E-state index contributed by atoms with van der Waals surface area (Å²) in [5.74, 6) is 0.555. The molecule has 0 aliphatic rings. The third kappa shape index (κ3) is 2.95. The van der Waals surface area contributed by atoms with E-state index in [1.165, 1.54) is 0 Å². The molecule has 0 bridgehead atoms. The van der Waals surface area contributed by atoms with Gasteiger partial charge in [0.1, 0.15) is 11.6 Å². The van der Waals surface area contributed by atoms with E-state index in [1.54, 1.807) is 6.92 Å². The first-order valence-electron chi connectivity index (χ1n) is 6.80. The van der Waals surface area contributed by atoms with Gasteiger partial charge in [0.05, 0.1) is 12.3 Å². The van der Waals surface area contributed by atoms with Gasteiger partial charge in [-0.2, -0.15) is 0 Å². The minimum Gasteiger partial charge on any atom is -0.461 e. The Morgan fingerprint density at radius 3 is 2.76 bits per heavy atom. The van der Waals surface area contributed by atoms with Crippen LogP contribution in [0.25, 0.3) is 5.69 Å². The van der Waals surface area contributed by atoms with Crippen LogP contribution in [0.2, 0.25) is 0 Å². The maximum absolute atomic E-state index is 11.9. The molecule has 21 heavy (non-hydrogen) atoms. The molecule has 0 atom stereocenters. The number of nitrogens with zero attached hydrogens (tertiary/aromatic N) is 2. The zero-order chi connectivity index (χ0) is 15.6. The van der Waals surface area contributed by atoms with E-state index in [0.717, 1.165) is 21.5 Å². The summed E-state index contributed by atoms with van der Waals surface area (Å²) >= 11 is 3.46. The van der Waals surface area contributed by atoms with Crippen LogP contribution >= 0.6 is 15.9 Å². The van der Waals surface area contributed by atoms with Crippen LogP contribution < -0.4 is 5.73 Å². The van der Waals surface area contributed by atoms with Crippen molar-refractivity contribution in [2.75, 3.05) is 12.3 Å². The summed E-state index contributed by atoms with van der Waals surface area (Å²) in [4.78, 5) is 16.3. The monoisotopic (exact) mass is 351 g/mol. The third-order valence-electron chi connectivity index (χ3n) is 3.18. The number of benzene rings is 1. The number of aryl methyl sites for hydroxylation is 2. The first-order chi connectivity index (χ1) is 9.99. The number of anilines is 1. The van der Waals surface area contributed by atoms with E-state index in [1.807, 2.05) is 36.6 Å². The molecule has 0 fully saturated rings. The second-order valence-corrected chi connectivity index (χ2v) is 5.52. The van der Waals surface area contributed by atoms with Crippen molar-refractivity contribution in [2.24, 2.45) is 0 Å². The number of hydrogen-bond acceptors (Lipinski definition) is 4. The molecule has 112 valence electrons. The van der Waals surface area contributed by atoms with Gasteiger partial charge in [0.25, 0.3) is 0 Å². The fourth-order valence-corrected chi connectivity index (χ4v) is 2.51. The number of ether oxygens (including phenoxy) is 1. The Bertz CT molecular complexity index is 680. The molecule has 5 nitrogen and oxygen atoms in total. The van der Waals surface area contributed by atoms with E-state index in [0.29, 0.717) is 18.8 Å². The van der Waals surface area contributed by atoms with Crippen molar-refractivity contribution >= 4 is 27.7 Å². The molecule has 2 aromatic rings. The second kappa shape index (κ2) is 6.30. The van der Waals surface area contributed by atoms with Gasteiger partial charge in [-0.05, 0) is 31.5 Å². The van der Waals surface area contributed by atoms with Crippen LogP contribution in [-0.2, 0) is 11.2 Å². The number of halogens is 1. The fraction of sp³-hybridized carbons (Fsp3) is 0.333. The molecule has 0 radical (unpaired) electrons. The van der Waals surface area contributed by atoms with E-state index in [2.05, 4.69) is 20.9 Å². The number of imidazole rings is 1. The molecule has 0 unspecified atom stereocenters. The number of nitrogens with two attached hydrogens (primary N) is 1. The first kappa shape index (κ1) is 15.6. The van der Waals surface area contributed by atoms with E-state index >= 15 is 0 Å². The molecule has 0 saturated carbocycles. The van der Waals surface area contributed by atoms with Gasteiger partial charge in [-0.25, -0.2) is 9.78 Å². The minimum atomic E-state index is -0.490. The van der Waals surface area contributed by atoms with Crippen LogP contribution in [0.3, 0.4) is 0 Å². The van der Waals surface area contributed by atoms with Crippen LogP contribution in [0.5, 0.6) is 0 Å². The van der Waals surface area contributed by atoms with Crippen molar-refractivity contribution in [2.45, 2.75) is 27.2 Å². The van der Waals surface area contributed by atoms with Gasteiger partial charge in [-0.1, -0.05) is 28.9 Å². The van der Waals surface area contributed by atoms with Crippen molar-refractivity contribution in [1.29, 1.82) is 0 Å². The molecule has 6 heteroatoms. The maximum Gasteiger partial charge on any atom is 0.360 e. The highest BCUT2D eigenvalue weighted by Crippen LogP contribution is 2.26. The Balaban J connectivity index is 2.63. The Kier molecular flexibility index (Phi) is 4.67.